The number of pyridine rings is 1. The molecule has 0 aromatic carbocycles. The molecule has 1 atom stereocenters. The number of thioether (sulfide) groups is 1. The van der Waals surface area contributed by atoms with Crippen molar-refractivity contribution in [2.75, 3.05) is 6.26 Å². The van der Waals surface area contributed by atoms with Crippen molar-refractivity contribution in [1.82, 2.24) is 4.98 Å². The zero-order chi connectivity index (χ0) is 8.27. The summed E-state index contributed by atoms with van der Waals surface area (Å²) in [7, 11) is 0. The molecule has 0 saturated carbocycles. The van der Waals surface area contributed by atoms with E-state index in [2.05, 4.69) is 30.3 Å². The maximum atomic E-state index is 4.23. The monoisotopic (exact) mass is 167 g/mol. The van der Waals surface area contributed by atoms with Gasteiger partial charge >= 0.3 is 0 Å². The summed E-state index contributed by atoms with van der Waals surface area (Å²) in [5, 5.41) is 0.558. The summed E-state index contributed by atoms with van der Waals surface area (Å²) in [6.07, 6.45) is 4.07. The summed E-state index contributed by atoms with van der Waals surface area (Å²) in [6.45, 7) is 4.20. The second-order valence-electron chi connectivity index (χ2n) is 2.61. The Bertz CT molecular complexity index is 218. The second kappa shape index (κ2) is 3.77. The molecule has 0 saturated heterocycles. The Kier molecular flexibility index (Phi) is 2.94. The van der Waals surface area contributed by atoms with Gasteiger partial charge in [0.1, 0.15) is 0 Å². The molecule has 0 aliphatic rings. The summed E-state index contributed by atoms with van der Waals surface area (Å²) >= 11 is 1.84. The molecule has 2 heteroatoms. The lowest BCUT2D eigenvalue weighted by Crippen LogP contribution is -1.89. The number of aromatic nitrogens is 1. The Labute approximate surface area is 72.2 Å². The van der Waals surface area contributed by atoms with Crippen molar-refractivity contribution < 1.29 is 0 Å². The van der Waals surface area contributed by atoms with E-state index in [1.54, 1.807) is 0 Å². The lowest BCUT2D eigenvalue weighted by molar-refractivity contribution is 1.05. The van der Waals surface area contributed by atoms with Gasteiger partial charge in [0.15, 0.2) is 0 Å². The van der Waals surface area contributed by atoms with Gasteiger partial charge in [0.25, 0.3) is 0 Å². The molecule has 0 spiro atoms. The number of hydrogen-bond acceptors (Lipinski definition) is 2. The maximum Gasteiger partial charge on any atom is 0.0372 e. The van der Waals surface area contributed by atoms with Gasteiger partial charge < -0.3 is 0 Å². The zero-order valence-electron chi connectivity index (χ0n) is 7.16. The van der Waals surface area contributed by atoms with E-state index in [1.807, 2.05) is 24.9 Å². The van der Waals surface area contributed by atoms with E-state index in [0.29, 0.717) is 5.25 Å². The third-order valence-electron chi connectivity index (χ3n) is 1.76. The summed E-state index contributed by atoms with van der Waals surface area (Å²) < 4.78 is 0. The van der Waals surface area contributed by atoms with Crippen molar-refractivity contribution in [1.29, 1.82) is 0 Å². The molecule has 0 amide bonds. The van der Waals surface area contributed by atoms with Gasteiger partial charge in [0.2, 0.25) is 0 Å². The standard InChI is InChI=1S/C9H13NS/c1-7-4-5-9(6-10-7)8(2)11-3/h4-6,8H,1-3H3. The van der Waals surface area contributed by atoms with E-state index in [9.17, 15) is 0 Å². The van der Waals surface area contributed by atoms with Crippen LogP contribution in [-0.2, 0) is 0 Å². The molecule has 1 aromatic heterocycles. The minimum absolute atomic E-state index is 0.558. The molecular formula is C9H13NS. The van der Waals surface area contributed by atoms with Gasteiger partial charge in [0.05, 0.1) is 0 Å². The first-order valence-electron chi connectivity index (χ1n) is 3.69. The normalized spacial score (nSPS) is 13.0. The topological polar surface area (TPSA) is 12.9 Å². The SMILES string of the molecule is CSC(C)c1ccc(C)nc1. The van der Waals surface area contributed by atoms with Crippen LogP contribution in [0.3, 0.4) is 0 Å². The number of nitrogens with zero attached hydrogens (tertiary/aromatic N) is 1. The predicted molar refractivity (Wildman–Crippen MR) is 50.9 cm³/mol. The Morgan fingerprint density at radius 2 is 2.18 bits per heavy atom. The predicted octanol–water partition coefficient (Wildman–Crippen LogP) is 2.81. The van der Waals surface area contributed by atoms with Gasteiger partial charge in [-0.15, -0.1) is 0 Å². The minimum atomic E-state index is 0.558. The fourth-order valence-corrected chi connectivity index (χ4v) is 1.27. The molecule has 11 heavy (non-hydrogen) atoms. The third-order valence-corrected chi connectivity index (χ3v) is 2.74. The highest BCUT2D eigenvalue weighted by Gasteiger charge is 2.01. The Hall–Kier alpha value is -0.500. The van der Waals surface area contributed by atoms with Crippen molar-refractivity contribution in [3.63, 3.8) is 0 Å². The fraction of sp³-hybridized carbons (Fsp3) is 0.444. The second-order valence-corrected chi connectivity index (χ2v) is 3.79. The largest absolute Gasteiger partial charge is 0.261 e. The van der Waals surface area contributed by atoms with Gasteiger partial charge in [-0.2, -0.15) is 11.8 Å². The molecule has 0 N–H and O–H groups in total. The molecule has 1 rings (SSSR count). The van der Waals surface area contributed by atoms with Crippen molar-refractivity contribution in [2.24, 2.45) is 0 Å². The van der Waals surface area contributed by atoms with Crippen molar-refractivity contribution in [3.05, 3.63) is 29.6 Å². The summed E-state index contributed by atoms with van der Waals surface area (Å²) in [5.41, 5.74) is 2.39. The van der Waals surface area contributed by atoms with Crippen LogP contribution in [0.1, 0.15) is 23.4 Å². The van der Waals surface area contributed by atoms with Crippen LogP contribution < -0.4 is 0 Å². The van der Waals surface area contributed by atoms with Crippen LogP contribution in [0.5, 0.6) is 0 Å². The van der Waals surface area contributed by atoms with Gasteiger partial charge in [-0.3, -0.25) is 4.98 Å². The number of rotatable bonds is 2. The van der Waals surface area contributed by atoms with Crippen molar-refractivity contribution in [3.8, 4) is 0 Å². The van der Waals surface area contributed by atoms with Gasteiger partial charge in [-0.05, 0) is 31.7 Å². The molecule has 1 heterocycles. The molecule has 1 nitrogen and oxygen atoms in total. The molecule has 0 aliphatic carbocycles. The quantitative estimate of drug-likeness (QED) is 0.671. The lowest BCUT2D eigenvalue weighted by atomic mass is 10.2. The minimum Gasteiger partial charge on any atom is -0.261 e. The smallest absolute Gasteiger partial charge is 0.0372 e. The Morgan fingerprint density at radius 3 is 2.64 bits per heavy atom. The number of aryl methyl sites for hydroxylation is 1. The van der Waals surface area contributed by atoms with Crippen LogP contribution in [0.2, 0.25) is 0 Å². The summed E-state index contributed by atoms with van der Waals surface area (Å²) in [6, 6.07) is 4.20. The van der Waals surface area contributed by atoms with E-state index < -0.39 is 0 Å². The molecule has 1 aromatic rings. The molecule has 0 bridgehead atoms. The van der Waals surface area contributed by atoms with E-state index >= 15 is 0 Å². The lowest BCUT2D eigenvalue weighted by Gasteiger charge is -2.06. The molecule has 0 fully saturated rings. The highest BCUT2D eigenvalue weighted by molar-refractivity contribution is 7.98. The van der Waals surface area contributed by atoms with E-state index in [0.717, 1.165) is 5.69 Å². The van der Waals surface area contributed by atoms with Crippen LogP contribution in [0.25, 0.3) is 0 Å². The van der Waals surface area contributed by atoms with Crippen LogP contribution in [0.4, 0.5) is 0 Å². The third kappa shape index (κ3) is 2.22. The summed E-state index contributed by atoms with van der Waals surface area (Å²) in [4.78, 5) is 4.23. The molecular weight excluding hydrogens is 154 g/mol. The Morgan fingerprint density at radius 1 is 1.45 bits per heavy atom. The first-order valence-corrected chi connectivity index (χ1v) is 4.98. The fourth-order valence-electron chi connectivity index (χ4n) is 0.856. The first-order chi connectivity index (χ1) is 5.24. The maximum absolute atomic E-state index is 4.23. The summed E-state index contributed by atoms with van der Waals surface area (Å²) in [5.74, 6) is 0. The van der Waals surface area contributed by atoms with E-state index in [1.165, 1.54) is 5.56 Å². The van der Waals surface area contributed by atoms with Gasteiger partial charge in [-0.25, -0.2) is 0 Å². The highest BCUT2D eigenvalue weighted by atomic mass is 32.2. The van der Waals surface area contributed by atoms with Crippen molar-refractivity contribution >= 4 is 11.8 Å². The van der Waals surface area contributed by atoms with Crippen molar-refractivity contribution in [2.45, 2.75) is 19.1 Å². The van der Waals surface area contributed by atoms with Gasteiger partial charge in [-0.1, -0.05) is 6.07 Å². The van der Waals surface area contributed by atoms with Crippen LogP contribution >= 0.6 is 11.8 Å². The first kappa shape index (κ1) is 8.60. The molecule has 0 radical (unpaired) electrons. The molecule has 1 unspecified atom stereocenters. The number of hydrogen-bond donors (Lipinski definition) is 0. The molecule has 60 valence electrons. The molecule has 0 aliphatic heterocycles. The Balaban J connectivity index is 2.81. The highest BCUT2D eigenvalue weighted by Crippen LogP contribution is 2.24. The van der Waals surface area contributed by atoms with Crippen LogP contribution in [0.15, 0.2) is 18.3 Å². The average molecular weight is 167 g/mol. The van der Waals surface area contributed by atoms with E-state index in [-0.39, 0.29) is 0 Å². The average Bonchev–Trinajstić information content (AvgIpc) is 2.05. The zero-order valence-corrected chi connectivity index (χ0v) is 7.98. The van der Waals surface area contributed by atoms with Gasteiger partial charge in [0, 0.05) is 17.1 Å². The van der Waals surface area contributed by atoms with Crippen LogP contribution in [0, 0.1) is 6.92 Å². The van der Waals surface area contributed by atoms with E-state index in [4.69, 9.17) is 0 Å². The van der Waals surface area contributed by atoms with Crippen LogP contribution in [-0.4, -0.2) is 11.2 Å².